The van der Waals surface area contributed by atoms with Crippen LogP contribution in [0.3, 0.4) is 0 Å². The highest BCUT2D eigenvalue weighted by Crippen LogP contribution is 2.27. The van der Waals surface area contributed by atoms with Gasteiger partial charge in [-0.1, -0.05) is 17.7 Å². The molecule has 2 aromatic rings. The third-order valence-electron chi connectivity index (χ3n) is 3.00. The predicted molar refractivity (Wildman–Crippen MR) is 80.6 cm³/mol. The second kappa shape index (κ2) is 5.43. The normalized spacial score (nSPS) is 13.5. The van der Waals surface area contributed by atoms with Crippen LogP contribution in [0, 0.1) is 6.92 Å². The van der Waals surface area contributed by atoms with Gasteiger partial charge in [0.1, 0.15) is 5.82 Å². The van der Waals surface area contributed by atoms with Gasteiger partial charge in [0.05, 0.1) is 11.4 Å². The summed E-state index contributed by atoms with van der Waals surface area (Å²) in [4.78, 5) is 20.5. The van der Waals surface area contributed by atoms with Crippen LogP contribution in [0.1, 0.15) is 22.6 Å². The number of hydrogen-bond acceptors (Lipinski definition) is 4. The molecule has 0 aliphatic carbocycles. The number of aromatic nitrogens is 2. The highest BCUT2D eigenvalue weighted by atomic mass is 32.2. The molecule has 0 bridgehead atoms. The molecule has 1 aliphatic rings. The van der Waals surface area contributed by atoms with Crippen molar-refractivity contribution in [2.75, 3.05) is 0 Å². The van der Waals surface area contributed by atoms with Gasteiger partial charge in [-0.25, -0.2) is 4.98 Å². The van der Waals surface area contributed by atoms with Crippen molar-refractivity contribution in [2.24, 2.45) is 0 Å². The van der Waals surface area contributed by atoms with Gasteiger partial charge in [-0.3, -0.25) is 4.79 Å². The lowest BCUT2D eigenvalue weighted by Crippen LogP contribution is -2.16. The van der Waals surface area contributed by atoms with Crippen molar-refractivity contribution in [3.63, 3.8) is 0 Å². The van der Waals surface area contributed by atoms with Gasteiger partial charge in [0.25, 0.3) is 5.56 Å². The molecule has 1 N–H and O–H groups in total. The van der Waals surface area contributed by atoms with E-state index in [4.69, 9.17) is 0 Å². The molecule has 1 aliphatic heterocycles. The van der Waals surface area contributed by atoms with Crippen LogP contribution in [0.5, 0.6) is 0 Å². The molecule has 3 nitrogen and oxygen atoms in total. The topological polar surface area (TPSA) is 45.8 Å². The van der Waals surface area contributed by atoms with Crippen molar-refractivity contribution >= 4 is 23.5 Å². The Morgan fingerprint density at radius 3 is 3.16 bits per heavy atom. The van der Waals surface area contributed by atoms with Gasteiger partial charge >= 0.3 is 0 Å². The van der Waals surface area contributed by atoms with E-state index in [1.165, 1.54) is 10.5 Å². The first-order valence-electron chi connectivity index (χ1n) is 6.10. The molecule has 0 saturated heterocycles. The summed E-state index contributed by atoms with van der Waals surface area (Å²) in [6.45, 7) is 2.08. The van der Waals surface area contributed by atoms with Gasteiger partial charge in [0.15, 0.2) is 0 Å². The maximum absolute atomic E-state index is 11.9. The Kier molecular flexibility index (Phi) is 3.66. The third-order valence-corrected chi connectivity index (χ3v) is 4.98. The van der Waals surface area contributed by atoms with E-state index in [0.717, 1.165) is 28.6 Å². The van der Waals surface area contributed by atoms with Gasteiger partial charge in [0.2, 0.25) is 0 Å². The second-order valence-electron chi connectivity index (χ2n) is 4.54. The zero-order valence-corrected chi connectivity index (χ0v) is 12.2. The molecule has 0 amide bonds. The van der Waals surface area contributed by atoms with Crippen LogP contribution in [0.2, 0.25) is 0 Å². The molecule has 3 rings (SSSR count). The average Bonchev–Trinajstić information content (AvgIpc) is 2.85. The van der Waals surface area contributed by atoms with Crippen molar-refractivity contribution in [1.82, 2.24) is 9.97 Å². The average molecular weight is 290 g/mol. The molecule has 0 radical (unpaired) electrons. The Labute approximate surface area is 120 Å². The van der Waals surface area contributed by atoms with Gasteiger partial charge in [-0.15, -0.1) is 11.8 Å². The van der Waals surface area contributed by atoms with Crippen LogP contribution in [0.15, 0.2) is 34.0 Å². The van der Waals surface area contributed by atoms with Gasteiger partial charge < -0.3 is 4.98 Å². The Balaban J connectivity index is 1.77. The first-order valence-corrected chi connectivity index (χ1v) is 8.24. The summed E-state index contributed by atoms with van der Waals surface area (Å²) in [6.07, 6.45) is 0. The summed E-state index contributed by atoms with van der Waals surface area (Å²) in [5.41, 5.74) is 3.11. The van der Waals surface area contributed by atoms with Crippen molar-refractivity contribution in [1.29, 1.82) is 0 Å². The molecular formula is C14H14N2OS2. The lowest BCUT2D eigenvalue weighted by atomic mass is 10.2. The zero-order valence-electron chi connectivity index (χ0n) is 10.6. The number of hydrogen-bond donors (Lipinski definition) is 1. The fraction of sp³-hybridized carbons (Fsp3) is 0.286. The number of fused-ring (bicyclic) bond motifs is 1. The Morgan fingerprint density at radius 1 is 1.42 bits per heavy atom. The van der Waals surface area contributed by atoms with E-state index >= 15 is 0 Å². The van der Waals surface area contributed by atoms with Crippen molar-refractivity contribution in [3.8, 4) is 0 Å². The smallest absolute Gasteiger partial charge is 0.255 e. The minimum atomic E-state index is 0.0369. The molecule has 0 spiro atoms. The van der Waals surface area contributed by atoms with E-state index in [2.05, 4.69) is 35.1 Å². The highest BCUT2D eigenvalue weighted by Gasteiger charge is 2.17. The third kappa shape index (κ3) is 2.87. The molecular weight excluding hydrogens is 276 g/mol. The number of nitrogens with one attached hydrogen (secondary N) is 1. The molecule has 0 fully saturated rings. The maximum atomic E-state index is 11.9. The number of nitrogens with zero attached hydrogens (tertiary/aromatic N) is 1. The molecule has 1 aromatic carbocycles. The van der Waals surface area contributed by atoms with Crippen LogP contribution in [-0.2, 0) is 17.3 Å². The lowest BCUT2D eigenvalue weighted by molar-refractivity contribution is 0.943. The van der Waals surface area contributed by atoms with E-state index in [1.807, 2.05) is 6.07 Å². The Hall–Kier alpha value is -1.20. The van der Waals surface area contributed by atoms with E-state index in [1.54, 1.807) is 23.5 Å². The van der Waals surface area contributed by atoms with Gasteiger partial charge in [0, 0.05) is 22.0 Å². The first kappa shape index (κ1) is 12.8. The van der Waals surface area contributed by atoms with Crippen LogP contribution in [-0.4, -0.2) is 9.97 Å². The van der Waals surface area contributed by atoms with Crippen molar-refractivity contribution in [3.05, 3.63) is 57.3 Å². The standard InChI is InChI=1S/C14H14N2OS2/c1-9-3-2-4-10(5-9)19-8-13-15-12-7-18-6-11(12)14(17)16-13/h2-5H,6-8H2,1H3,(H,15,16,17). The highest BCUT2D eigenvalue weighted by molar-refractivity contribution is 7.98. The minimum Gasteiger partial charge on any atom is -0.310 e. The number of aromatic amines is 1. The number of H-pyrrole nitrogens is 1. The number of rotatable bonds is 3. The lowest BCUT2D eigenvalue weighted by Gasteiger charge is -2.04. The van der Waals surface area contributed by atoms with Crippen LogP contribution >= 0.6 is 23.5 Å². The Bertz CT molecular complexity index is 667. The van der Waals surface area contributed by atoms with Crippen LogP contribution in [0.25, 0.3) is 0 Å². The molecule has 2 heterocycles. The fourth-order valence-corrected chi connectivity index (χ4v) is 3.96. The fourth-order valence-electron chi connectivity index (χ4n) is 2.04. The predicted octanol–water partition coefficient (Wildman–Crippen LogP) is 3.12. The van der Waals surface area contributed by atoms with Crippen LogP contribution in [0.4, 0.5) is 0 Å². The zero-order chi connectivity index (χ0) is 13.2. The van der Waals surface area contributed by atoms with E-state index in [0.29, 0.717) is 5.75 Å². The largest absolute Gasteiger partial charge is 0.310 e. The molecule has 98 valence electrons. The molecule has 1 aromatic heterocycles. The van der Waals surface area contributed by atoms with E-state index in [-0.39, 0.29) is 5.56 Å². The summed E-state index contributed by atoms with van der Waals surface area (Å²) in [7, 11) is 0. The number of thioether (sulfide) groups is 2. The summed E-state index contributed by atoms with van der Waals surface area (Å²) in [5, 5.41) is 0. The quantitative estimate of drug-likeness (QED) is 0.882. The van der Waals surface area contributed by atoms with Crippen molar-refractivity contribution < 1.29 is 0 Å². The summed E-state index contributed by atoms with van der Waals surface area (Å²) >= 11 is 3.46. The van der Waals surface area contributed by atoms with Gasteiger partial charge in [-0.2, -0.15) is 11.8 Å². The summed E-state index contributed by atoms with van der Waals surface area (Å²) < 4.78 is 0. The monoisotopic (exact) mass is 290 g/mol. The minimum absolute atomic E-state index is 0.0369. The molecule has 0 saturated carbocycles. The maximum Gasteiger partial charge on any atom is 0.255 e. The summed E-state index contributed by atoms with van der Waals surface area (Å²) in [5.74, 6) is 3.14. The van der Waals surface area contributed by atoms with Gasteiger partial charge in [-0.05, 0) is 19.1 Å². The number of aryl methyl sites for hydroxylation is 1. The SMILES string of the molecule is Cc1cccc(SCc2nc3c(c(=O)[nH]2)CSC3)c1. The Morgan fingerprint density at radius 2 is 2.32 bits per heavy atom. The molecule has 0 atom stereocenters. The number of benzene rings is 1. The molecule has 19 heavy (non-hydrogen) atoms. The van der Waals surface area contributed by atoms with Crippen LogP contribution < -0.4 is 5.56 Å². The van der Waals surface area contributed by atoms with E-state index < -0.39 is 0 Å². The molecule has 0 unspecified atom stereocenters. The second-order valence-corrected chi connectivity index (χ2v) is 6.57. The van der Waals surface area contributed by atoms with E-state index in [9.17, 15) is 4.79 Å². The molecule has 5 heteroatoms. The van der Waals surface area contributed by atoms with Crippen molar-refractivity contribution in [2.45, 2.75) is 29.1 Å². The first-order chi connectivity index (χ1) is 9.22. The summed E-state index contributed by atoms with van der Waals surface area (Å²) in [6, 6.07) is 8.36.